The summed E-state index contributed by atoms with van der Waals surface area (Å²) in [5.74, 6) is 0.336. The van der Waals surface area contributed by atoms with E-state index in [1.807, 2.05) is 49.4 Å². The molecular weight excluding hydrogens is 354 g/mol. The standard InChI is InChI=1S/C22H29N3O3/c1-14-8-6-7-9-16(14)17(25-21(23)27)13-20(26)24-18-12-15(22(2,3)4)10-11-19(18)28-5/h6-12,17H,13H2,1-5H3,(H,24,26)(H3,23,25,27)/t17-/m1/s1. The van der Waals surface area contributed by atoms with Crippen molar-refractivity contribution in [1.29, 1.82) is 0 Å². The molecule has 0 heterocycles. The summed E-state index contributed by atoms with van der Waals surface area (Å²) in [5, 5.41) is 5.58. The zero-order valence-corrected chi connectivity index (χ0v) is 17.1. The van der Waals surface area contributed by atoms with Crippen LogP contribution in [0.1, 0.15) is 49.9 Å². The molecule has 0 spiro atoms. The van der Waals surface area contributed by atoms with Crippen LogP contribution in [0, 0.1) is 6.92 Å². The molecule has 6 nitrogen and oxygen atoms in total. The number of benzene rings is 2. The van der Waals surface area contributed by atoms with E-state index in [-0.39, 0.29) is 17.7 Å². The van der Waals surface area contributed by atoms with Crippen molar-refractivity contribution in [2.75, 3.05) is 12.4 Å². The number of methoxy groups -OCH3 is 1. The number of hydrogen-bond donors (Lipinski definition) is 3. The maximum absolute atomic E-state index is 12.8. The van der Waals surface area contributed by atoms with Crippen LogP contribution in [0.3, 0.4) is 0 Å². The number of urea groups is 1. The van der Waals surface area contributed by atoms with Crippen LogP contribution in [-0.2, 0) is 10.2 Å². The molecule has 0 bridgehead atoms. The number of nitrogens with two attached hydrogens (primary N) is 1. The molecule has 2 rings (SSSR count). The fourth-order valence-electron chi connectivity index (χ4n) is 3.05. The average Bonchev–Trinajstić information content (AvgIpc) is 2.60. The van der Waals surface area contributed by atoms with Gasteiger partial charge in [-0.15, -0.1) is 0 Å². The predicted octanol–water partition coefficient (Wildman–Crippen LogP) is 4.04. The number of aryl methyl sites for hydroxylation is 1. The van der Waals surface area contributed by atoms with Gasteiger partial charge in [-0.05, 0) is 41.2 Å². The molecule has 0 saturated carbocycles. The Morgan fingerprint density at radius 1 is 1.14 bits per heavy atom. The van der Waals surface area contributed by atoms with Gasteiger partial charge < -0.3 is 21.1 Å². The zero-order valence-electron chi connectivity index (χ0n) is 17.1. The molecular formula is C22H29N3O3. The van der Waals surface area contributed by atoms with Crippen LogP contribution in [0.25, 0.3) is 0 Å². The first-order chi connectivity index (χ1) is 13.1. The van der Waals surface area contributed by atoms with Crippen molar-refractivity contribution < 1.29 is 14.3 Å². The van der Waals surface area contributed by atoms with Crippen LogP contribution in [0.2, 0.25) is 0 Å². The highest BCUT2D eigenvalue weighted by Gasteiger charge is 2.21. The number of amides is 3. The summed E-state index contributed by atoms with van der Waals surface area (Å²) >= 11 is 0. The molecule has 0 radical (unpaired) electrons. The molecule has 4 N–H and O–H groups in total. The van der Waals surface area contributed by atoms with Crippen molar-refractivity contribution >= 4 is 17.6 Å². The van der Waals surface area contributed by atoms with Crippen molar-refractivity contribution in [2.45, 2.75) is 45.6 Å². The van der Waals surface area contributed by atoms with Crippen LogP contribution in [0.4, 0.5) is 10.5 Å². The molecule has 3 amide bonds. The summed E-state index contributed by atoms with van der Waals surface area (Å²) in [6, 6.07) is 12.1. The Morgan fingerprint density at radius 3 is 2.39 bits per heavy atom. The minimum Gasteiger partial charge on any atom is -0.495 e. The molecule has 0 fully saturated rings. The smallest absolute Gasteiger partial charge is 0.312 e. The summed E-state index contributed by atoms with van der Waals surface area (Å²) < 4.78 is 5.38. The highest BCUT2D eigenvalue weighted by atomic mass is 16.5. The third-order valence-electron chi connectivity index (χ3n) is 4.61. The predicted molar refractivity (Wildman–Crippen MR) is 112 cm³/mol. The van der Waals surface area contributed by atoms with E-state index in [2.05, 4.69) is 31.4 Å². The largest absolute Gasteiger partial charge is 0.495 e. The third-order valence-corrected chi connectivity index (χ3v) is 4.61. The van der Waals surface area contributed by atoms with Crippen LogP contribution in [0.5, 0.6) is 5.75 Å². The third kappa shape index (κ3) is 5.49. The number of carbonyl (C=O) groups excluding carboxylic acids is 2. The Hall–Kier alpha value is -3.02. The maximum Gasteiger partial charge on any atom is 0.312 e. The lowest BCUT2D eigenvalue weighted by molar-refractivity contribution is -0.116. The van der Waals surface area contributed by atoms with Crippen LogP contribution in [-0.4, -0.2) is 19.0 Å². The second-order valence-electron chi connectivity index (χ2n) is 7.84. The summed E-state index contributed by atoms with van der Waals surface area (Å²) in [5.41, 5.74) is 8.76. The second-order valence-corrected chi connectivity index (χ2v) is 7.84. The Bertz CT molecular complexity index is 856. The highest BCUT2D eigenvalue weighted by Crippen LogP contribution is 2.32. The van der Waals surface area contributed by atoms with Gasteiger partial charge >= 0.3 is 6.03 Å². The molecule has 0 aliphatic rings. The summed E-state index contributed by atoms with van der Waals surface area (Å²) in [7, 11) is 1.56. The topological polar surface area (TPSA) is 93.4 Å². The number of hydrogen-bond acceptors (Lipinski definition) is 3. The average molecular weight is 383 g/mol. The van der Waals surface area contributed by atoms with E-state index in [0.29, 0.717) is 11.4 Å². The van der Waals surface area contributed by atoms with Crippen LogP contribution < -0.4 is 21.1 Å². The Kier molecular flexibility index (Phi) is 6.67. The van der Waals surface area contributed by atoms with Crippen LogP contribution in [0.15, 0.2) is 42.5 Å². The number of primary amides is 1. The first-order valence-corrected chi connectivity index (χ1v) is 9.21. The Balaban J connectivity index is 2.25. The van der Waals surface area contributed by atoms with Gasteiger partial charge in [0.2, 0.25) is 5.91 Å². The molecule has 0 saturated heterocycles. The molecule has 28 heavy (non-hydrogen) atoms. The molecule has 2 aromatic carbocycles. The number of carbonyl (C=O) groups is 2. The SMILES string of the molecule is COc1ccc(C(C)(C)C)cc1NC(=O)C[C@@H](NC(N)=O)c1ccccc1C. The fourth-order valence-corrected chi connectivity index (χ4v) is 3.05. The minimum absolute atomic E-state index is 0.0523. The first kappa shape index (κ1) is 21.3. The van der Waals surface area contributed by atoms with E-state index in [4.69, 9.17) is 10.5 Å². The number of ether oxygens (including phenoxy) is 1. The van der Waals surface area contributed by atoms with Gasteiger partial charge in [0.1, 0.15) is 5.75 Å². The summed E-state index contributed by atoms with van der Waals surface area (Å²) in [6.45, 7) is 8.24. The van der Waals surface area contributed by atoms with Gasteiger partial charge in [0, 0.05) is 0 Å². The lowest BCUT2D eigenvalue weighted by atomic mass is 9.87. The normalized spacial score (nSPS) is 12.2. The van der Waals surface area contributed by atoms with Gasteiger partial charge in [0.05, 0.1) is 25.3 Å². The molecule has 0 aromatic heterocycles. The molecule has 6 heteroatoms. The monoisotopic (exact) mass is 383 g/mol. The van der Waals surface area contributed by atoms with E-state index in [1.54, 1.807) is 7.11 Å². The number of nitrogens with one attached hydrogen (secondary N) is 2. The van der Waals surface area contributed by atoms with Crippen LogP contribution >= 0.6 is 0 Å². The van der Waals surface area contributed by atoms with Gasteiger partial charge in [-0.1, -0.05) is 51.1 Å². The quantitative estimate of drug-likeness (QED) is 0.703. The molecule has 0 unspecified atom stereocenters. The maximum atomic E-state index is 12.8. The van der Waals surface area contributed by atoms with Gasteiger partial charge in [0.15, 0.2) is 0 Å². The lowest BCUT2D eigenvalue weighted by Crippen LogP contribution is -2.35. The molecule has 150 valence electrons. The fraction of sp³-hybridized carbons (Fsp3) is 0.364. The van der Waals surface area contributed by atoms with Gasteiger partial charge in [-0.25, -0.2) is 4.79 Å². The Morgan fingerprint density at radius 2 is 1.82 bits per heavy atom. The van der Waals surface area contributed by atoms with Gasteiger partial charge in [-0.2, -0.15) is 0 Å². The molecule has 1 atom stereocenters. The first-order valence-electron chi connectivity index (χ1n) is 9.21. The highest BCUT2D eigenvalue weighted by molar-refractivity contribution is 5.93. The van der Waals surface area contributed by atoms with E-state index >= 15 is 0 Å². The summed E-state index contributed by atoms with van der Waals surface area (Å²) in [4.78, 5) is 24.2. The Labute approximate surface area is 166 Å². The lowest BCUT2D eigenvalue weighted by Gasteiger charge is -2.22. The summed E-state index contributed by atoms with van der Waals surface area (Å²) in [6.07, 6.45) is 0.0523. The van der Waals surface area contributed by atoms with Gasteiger partial charge in [0.25, 0.3) is 0 Å². The van der Waals surface area contributed by atoms with Crippen molar-refractivity contribution in [3.05, 3.63) is 59.2 Å². The van der Waals surface area contributed by atoms with Crippen molar-refractivity contribution in [2.24, 2.45) is 5.73 Å². The number of anilines is 1. The van der Waals surface area contributed by atoms with Crippen molar-refractivity contribution in [1.82, 2.24) is 5.32 Å². The number of rotatable bonds is 6. The van der Waals surface area contributed by atoms with Crippen molar-refractivity contribution in [3.8, 4) is 5.75 Å². The van der Waals surface area contributed by atoms with E-state index in [0.717, 1.165) is 16.7 Å². The minimum atomic E-state index is -0.673. The van der Waals surface area contributed by atoms with Gasteiger partial charge in [-0.3, -0.25) is 4.79 Å². The van der Waals surface area contributed by atoms with E-state index < -0.39 is 12.1 Å². The molecule has 0 aliphatic heterocycles. The van der Waals surface area contributed by atoms with E-state index in [1.165, 1.54) is 0 Å². The zero-order chi connectivity index (χ0) is 20.9. The second kappa shape index (κ2) is 8.78. The molecule has 0 aliphatic carbocycles. The van der Waals surface area contributed by atoms with Crippen molar-refractivity contribution in [3.63, 3.8) is 0 Å². The van der Waals surface area contributed by atoms with E-state index in [9.17, 15) is 9.59 Å². The molecule has 2 aromatic rings.